The third kappa shape index (κ3) is 3.29. The minimum Gasteiger partial charge on any atom is -0.541 e. The first kappa shape index (κ1) is 16.9. The first-order valence-corrected chi connectivity index (χ1v) is 9.74. The van der Waals surface area contributed by atoms with Crippen molar-refractivity contribution in [3.05, 3.63) is 30.3 Å². The van der Waals surface area contributed by atoms with Crippen molar-refractivity contribution in [1.82, 2.24) is 0 Å². The number of benzene rings is 1. The number of rotatable bonds is 6. The quantitative estimate of drug-likeness (QED) is 0.489. The van der Waals surface area contributed by atoms with Gasteiger partial charge in [-0.25, -0.2) is 0 Å². The third-order valence-electron chi connectivity index (χ3n) is 3.81. The number of para-hydroxylation sites is 1. The molecule has 1 atom stereocenters. The third-order valence-corrected chi connectivity index (χ3v) is 11.5. The molecule has 1 unspecified atom stereocenters. The van der Waals surface area contributed by atoms with Crippen LogP contribution in [0, 0.1) is 0 Å². The average molecular weight is 319 g/mol. The molecule has 1 nitrogen and oxygen atoms in total. The maximum Gasteiger partial charge on any atom is 0.277 e. The first-order chi connectivity index (χ1) is 8.78. The Morgan fingerprint density at radius 3 is 1.95 bits per heavy atom. The topological polar surface area (TPSA) is 9.23 Å². The Bertz CT molecular complexity index is 382. The largest absolute Gasteiger partial charge is 0.541 e. The molecule has 4 heteroatoms. The molecule has 0 aromatic heterocycles. The highest BCUT2D eigenvalue weighted by Crippen LogP contribution is 2.45. The summed E-state index contributed by atoms with van der Waals surface area (Å²) in [6, 6.07) is 9.95. The Labute approximate surface area is 128 Å². The van der Waals surface area contributed by atoms with E-state index < -0.39 is 12.8 Å². The average Bonchev–Trinajstić information content (AvgIpc) is 2.36. The fourth-order valence-corrected chi connectivity index (χ4v) is 10.2. The minimum absolute atomic E-state index is 0.383. The van der Waals surface area contributed by atoms with Gasteiger partial charge in [0.1, 0.15) is 5.75 Å². The van der Waals surface area contributed by atoms with Crippen molar-refractivity contribution < 1.29 is 4.43 Å². The summed E-state index contributed by atoms with van der Waals surface area (Å²) in [6.45, 7) is 10.8. The second kappa shape index (κ2) is 6.51. The Hall–Kier alpha value is -0.183. The van der Waals surface area contributed by atoms with Crippen molar-refractivity contribution in [2.45, 2.75) is 50.2 Å². The van der Waals surface area contributed by atoms with Gasteiger partial charge in [-0.05, 0) is 30.1 Å². The predicted molar refractivity (Wildman–Crippen MR) is 88.0 cm³/mol. The number of hydrogen-bond donors (Lipinski definition) is 0. The monoisotopic (exact) mass is 318 g/mol. The van der Waals surface area contributed by atoms with Crippen LogP contribution in [0.5, 0.6) is 5.75 Å². The van der Waals surface area contributed by atoms with Gasteiger partial charge in [-0.1, -0.05) is 45.9 Å². The molecule has 0 saturated carbocycles. The normalized spacial score (nSPS) is 15.6. The van der Waals surface area contributed by atoms with E-state index in [4.69, 9.17) is 27.6 Å². The summed E-state index contributed by atoms with van der Waals surface area (Å²) in [4.78, 5) is 0. The fraction of sp³-hybridized carbons (Fsp3) is 0.600. The van der Waals surface area contributed by atoms with Crippen LogP contribution in [0.4, 0.5) is 0 Å². The molecule has 0 N–H and O–H groups in total. The first-order valence-electron chi connectivity index (χ1n) is 6.77. The van der Waals surface area contributed by atoms with Gasteiger partial charge in [-0.3, -0.25) is 0 Å². The molecule has 0 fully saturated rings. The SMILES string of the molecule is CC(C)[Si](Oc1ccccc1)(C(C)C)C(C)(Cl)CCl. The number of hydrogen-bond acceptors (Lipinski definition) is 1. The van der Waals surface area contributed by atoms with E-state index in [2.05, 4.69) is 27.7 Å². The van der Waals surface area contributed by atoms with Gasteiger partial charge in [-0.15, -0.1) is 23.2 Å². The highest BCUT2D eigenvalue weighted by molar-refractivity contribution is 6.87. The van der Waals surface area contributed by atoms with Crippen LogP contribution >= 0.6 is 23.2 Å². The standard InChI is InChI=1S/C15H24Cl2OSi/c1-12(2)19(13(3)4,15(5,17)11-16)18-14-9-7-6-8-10-14/h6-10,12-13H,11H2,1-5H3. The maximum absolute atomic E-state index is 6.79. The van der Waals surface area contributed by atoms with Crippen molar-refractivity contribution >= 4 is 31.5 Å². The zero-order chi connectivity index (χ0) is 14.7. The van der Waals surface area contributed by atoms with Gasteiger partial charge in [0.25, 0.3) is 8.32 Å². The van der Waals surface area contributed by atoms with Gasteiger partial charge in [0.15, 0.2) is 0 Å². The molecule has 108 valence electrons. The lowest BCUT2D eigenvalue weighted by molar-refractivity contribution is 0.472. The molecule has 0 radical (unpaired) electrons. The van der Waals surface area contributed by atoms with Crippen molar-refractivity contribution in [2.75, 3.05) is 5.88 Å². The maximum atomic E-state index is 6.79. The van der Waals surface area contributed by atoms with Gasteiger partial charge in [0.05, 0.1) is 4.50 Å². The van der Waals surface area contributed by atoms with E-state index in [1.807, 2.05) is 37.3 Å². The Morgan fingerprint density at radius 2 is 1.58 bits per heavy atom. The van der Waals surface area contributed by atoms with E-state index in [1.54, 1.807) is 0 Å². The van der Waals surface area contributed by atoms with Gasteiger partial charge in [-0.2, -0.15) is 0 Å². The van der Waals surface area contributed by atoms with Crippen molar-refractivity contribution in [2.24, 2.45) is 0 Å². The van der Waals surface area contributed by atoms with Crippen LogP contribution in [0.3, 0.4) is 0 Å². The van der Waals surface area contributed by atoms with Crippen LogP contribution in [-0.2, 0) is 0 Å². The van der Waals surface area contributed by atoms with E-state index in [9.17, 15) is 0 Å². The summed E-state index contributed by atoms with van der Waals surface area (Å²) in [5.41, 5.74) is 0.767. The van der Waals surface area contributed by atoms with E-state index >= 15 is 0 Å². The summed E-state index contributed by atoms with van der Waals surface area (Å²) in [5.74, 6) is 1.30. The molecule has 0 amide bonds. The summed E-state index contributed by atoms with van der Waals surface area (Å²) in [6.07, 6.45) is 0. The van der Waals surface area contributed by atoms with Crippen LogP contribution in [0.2, 0.25) is 11.1 Å². The lowest BCUT2D eigenvalue weighted by Crippen LogP contribution is -2.63. The van der Waals surface area contributed by atoms with Crippen LogP contribution in [-0.4, -0.2) is 18.7 Å². The van der Waals surface area contributed by atoms with Crippen LogP contribution < -0.4 is 4.43 Å². The Kier molecular flexibility index (Phi) is 5.78. The Balaban J connectivity index is 3.26. The molecule has 0 spiro atoms. The van der Waals surface area contributed by atoms with Crippen molar-refractivity contribution in [3.63, 3.8) is 0 Å². The summed E-state index contributed by atoms with van der Waals surface area (Å²) in [5, 5.41) is 0. The smallest absolute Gasteiger partial charge is 0.277 e. The lowest BCUT2D eigenvalue weighted by Gasteiger charge is -2.47. The highest BCUT2D eigenvalue weighted by atomic mass is 35.5. The highest BCUT2D eigenvalue weighted by Gasteiger charge is 2.57. The second-order valence-electron chi connectivity index (χ2n) is 5.85. The van der Waals surface area contributed by atoms with Gasteiger partial charge in [0, 0.05) is 5.88 Å². The molecule has 1 rings (SSSR count). The van der Waals surface area contributed by atoms with Crippen molar-refractivity contribution in [1.29, 1.82) is 0 Å². The fourth-order valence-electron chi connectivity index (χ4n) is 3.00. The van der Waals surface area contributed by atoms with Crippen LogP contribution in [0.15, 0.2) is 30.3 Å². The van der Waals surface area contributed by atoms with Crippen molar-refractivity contribution in [3.8, 4) is 5.75 Å². The summed E-state index contributed by atoms with van der Waals surface area (Å²) < 4.78 is 6.01. The second-order valence-corrected chi connectivity index (χ2v) is 12.5. The van der Waals surface area contributed by atoms with Gasteiger partial charge in [0.2, 0.25) is 0 Å². The molecule has 0 heterocycles. The van der Waals surface area contributed by atoms with Gasteiger partial charge >= 0.3 is 0 Å². The molecule has 1 aromatic carbocycles. The van der Waals surface area contributed by atoms with Gasteiger partial charge < -0.3 is 4.43 Å². The molecule has 0 bridgehead atoms. The summed E-state index contributed by atoms with van der Waals surface area (Å²) >= 11 is 12.9. The van der Waals surface area contributed by atoms with Crippen LogP contribution in [0.25, 0.3) is 0 Å². The Morgan fingerprint density at radius 1 is 1.11 bits per heavy atom. The summed E-state index contributed by atoms with van der Waals surface area (Å²) in [7, 11) is -2.29. The molecule has 0 saturated heterocycles. The van der Waals surface area contributed by atoms with Crippen LogP contribution in [0.1, 0.15) is 34.6 Å². The molecule has 19 heavy (non-hydrogen) atoms. The zero-order valence-electron chi connectivity index (χ0n) is 12.4. The van der Waals surface area contributed by atoms with E-state index in [-0.39, 0.29) is 0 Å². The van der Waals surface area contributed by atoms with E-state index in [1.165, 1.54) is 0 Å². The zero-order valence-corrected chi connectivity index (χ0v) is 14.9. The number of alkyl halides is 2. The molecule has 0 aliphatic carbocycles. The minimum atomic E-state index is -2.29. The molecule has 1 aromatic rings. The molecule has 0 aliphatic rings. The van der Waals surface area contributed by atoms with E-state index in [0.29, 0.717) is 17.0 Å². The van der Waals surface area contributed by atoms with E-state index in [0.717, 1.165) is 5.75 Å². The predicted octanol–water partition coefficient (Wildman–Crippen LogP) is 5.61. The lowest BCUT2D eigenvalue weighted by atomic mass is 10.3. The number of halogens is 2. The molecular weight excluding hydrogens is 295 g/mol. The molecule has 0 aliphatic heterocycles. The molecular formula is C15H24Cl2OSi.